The molecule has 0 aromatic carbocycles. The molecule has 2 fully saturated rings. The normalized spacial score (nSPS) is 26.9. The molecule has 2 N–H and O–H groups in total. The monoisotopic (exact) mass is 325 g/mol. The highest BCUT2D eigenvalue weighted by Gasteiger charge is 2.28. The fraction of sp³-hybridized carbons (Fsp3) is 0.526. The predicted molar refractivity (Wildman–Crippen MR) is 97.8 cm³/mol. The Morgan fingerprint density at radius 1 is 1.25 bits per heavy atom. The van der Waals surface area contributed by atoms with Gasteiger partial charge < -0.3 is 20.4 Å². The van der Waals surface area contributed by atoms with Gasteiger partial charge in [0.15, 0.2) is 0 Å². The predicted octanol–water partition coefficient (Wildman–Crippen LogP) is 1.57. The Morgan fingerprint density at radius 3 is 3.00 bits per heavy atom. The zero-order valence-electron chi connectivity index (χ0n) is 14.2. The first-order valence-corrected chi connectivity index (χ1v) is 9.13. The summed E-state index contributed by atoms with van der Waals surface area (Å²) in [7, 11) is 0. The zero-order valence-corrected chi connectivity index (χ0v) is 14.2. The van der Waals surface area contributed by atoms with Crippen molar-refractivity contribution in [3.05, 3.63) is 48.6 Å². The molecule has 0 aliphatic carbocycles. The molecule has 128 valence electrons. The molecule has 4 heterocycles. The lowest BCUT2D eigenvalue weighted by atomic mass is 10.1. The quantitative estimate of drug-likeness (QED) is 0.860. The number of nitrogens with zero attached hydrogens (tertiary/aromatic N) is 3. The van der Waals surface area contributed by atoms with Crippen LogP contribution in [0.25, 0.3) is 0 Å². The largest absolute Gasteiger partial charge is 0.356 e. The highest BCUT2D eigenvalue weighted by molar-refractivity contribution is 5.53. The van der Waals surface area contributed by atoms with E-state index in [4.69, 9.17) is 0 Å². The summed E-state index contributed by atoms with van der Waals surface area (Å²) in [5, 5.41) is 7.25. The highest BCUT2D eigenvalue weighted by atomic mass is 15.3. The Hall–Kier alpha value is -1.85. The molecule has 1 aromatic heterocycles. The minimum atomic E-state index is 0.608. The van der Waals surface area contributed by atoms with Crippen molar-refractivity contribution in [3.8, 4) is 0 Å². The van der Waals surface area contributed by atoms with Crippen molar-refractivity contribution in [1.82, 2.24) is 20.5 Å². The summed E-state index contributed by atoms with van der Waals surface area (Å²) < 4.78 is 0. The smallest absolute Gasteiger partial charge is 0.109 e. The summed E-state index contributed by atoms with van der Waals surface area (Å²) in [5.74, 6) is 2.12. The molecule has 2 atom stereocenters. The van der Waals surface area contributed by atoms with E-state index in [-0.39, 0.29) is 0 Å². The molecule has 24 heavy (non-hydrogen) atoms. The third-order valence-corrected chi connectivity index (χ3v) is 5.29. The maximum absolute atomic E-state index is 4.14. The Kier molecular flexibility index (Phi) is 4.81. The number of aromatic nitrogens is 1. The van der Waals surface area contributed by atoms with Crippen LogP contribution in [0.2, 0.25) is 0 Å². The van der Waals surface area contributed by atoms with E-state index in [1.807, 2.05) is 12.4 Å². The summed E-state index contributed by atoms with van der Waals surface area (Å²) >= 11 is 0. The van der Waals surface area contributed by atoms with Crippen LogP contribution in [0.3, 0.4) is 0 Å². The number of allylic oxidation sites excluding steroid dienone is 2. The van der Waals surface area contributed by atoms with Gasteiger partial charge in [-0.3, -0.25) is 4.98 Å². The molecule has 2 saturated heterocycles. The third kappa shape index (κ3) is 3.47. The number of likely N-dealkylation sites (tertiary alicyclic amines) is 1. The Bertz CT molecular complexity index is 591. The maximum Gasteiger partial charge on any atom is 0.109 e. The zero-order chi connectivity index (χ0) is 16.2. The van der Waals surface area contributed by atoms with Crippen LogP contribution < -0.4 is 15.5 Å². The van der Waals surface area contributed by atoms with Gasteiger partial charge in [-0.25, -0.2) is 0 Å². The topological polar surface area (TPSA) is 43.4 Å². The summed E-state index contributed by atoms with van der Waals surface area (Å²) in [5.41, 5.74) is 1.22. The second-order valence-electron chi connectivity index (χ2n) is 6.97. The van der Waals surface area contributed by atoms with E-state index in [0.717, 1.165) is 32.1 Å². The number of rotatable bonds is 5. The number of hydrogen-bond acceptors (Lipinski definition) is 5. The van der Waals surface area contributed by atoms with Crippen molar-refractivity contribution in [2.75, 3.05) is 44.2 Å². The van der Waals surface area contributed by atoms with Gasteiger partial charge in [0.25, 0.3) is 0 Å². The van der Waals surface area contributed by atoms with Gasteiger partial charge in [0.05, 0.1) is 0 Å². The molecule has 0 unspecified atom stereocenters. The van der Waals surface area contributed by atoms with E-state index in [1.54, 1.807) is 0 Å². The van der Waals surface area contributed by atoms with Crippen molar-refractivity contribution < 1.29 is 0 Å². The van der Waals surface area contributed by atoms with Crippen molar-refractivity contribution in [3.63, 3.8) is 0 Å². The standard InChI is InChI=1S/C19H27N5/c1-2-11-24(18-5-9-20-10-6-18)19(3-1)23-12-7-17(15-23)22-14-16-4-8-21-13-16/h1-3,5-6,9-10,16-17,21-22H,4,7-8,11-15H2/t16-,17-/m1/s1. The first kappa shape index (κ1) is 15.7. The molecular weight excluding hydrogens is 298 g/mol. The molecule has 0 bridgehead atoms. The van der Waals surface area contributed by atoms with Gasteiger partial charge in [0.2, 0.25) is 0 Å². The number of pyridine rings is 1. The van der Waals surface area contributed by atoms with Crippen LogP contribution in [0.4, 0.5) is 5.69 Å². The molecule has 5 heteroatoms. The van der Waals surface area contributed by atoms with Crippen molar-refractivity contribution in [2.24, 2.45) is 5.92 Å². The van der Waals surface area contributed by atoms with Crippen LogP contribution in [-0.2, 0) is 0 Å². The number of hydrogen-bond donors (Lipinski definition) is 2. The van der Waals surface area contributed by atoms with E-state index < -0.39 is 0 Å². The third-order valence-electron chi connectivity index (χ3n) is 5.29. The van der Waals surface area contributed by atoms with E-state index in [2.05, 4.69) is 55.8 Å². The van der Waals surface area contributed by atoms with Gasteiger partial charge in [-0.15, -0.1) is 0 Å². The van der Waals surface area contributed by atoms with Gasteiger partial charge in [-0.1, -0.05) is 12.2 Å². The lowest BCUT2D eigenvalue weighted by molar-refractivity contribution is 0.384. The Labute approximate surface area is 144 Å². The van der Waals surface area contributed by atoms with Gasteiger partial charge in [-0.2, -0.15) is 0 Å². The number of anilines is 1. The average molecular weight is 325 g/mol. The van der Waals surface area contributed by atoms with Gasteiger partial charge in [0, 0.05) is 43.8 Å². The summed E-state index contributed by atoms with van der Waals surface area (Å²) in [6, 6.07) is 4.79. The van der Waals surface area contributed by atoms with Crippen molar-refractivity contribution in [1.29, 1.82) is 0 Å². The Balaban J connectivity index is 1.37. The lowest BCUT2D eigenvalue weighted by Gasteiger charge is -2.34. The average Bonchev–Trinajstić information content (AvgIpc) is 3.32. The van der Waals surface area contributed by atoms with Gasteiger partial charge in [0.1, 0.15) is 5.82 Å². The van der Waals surface area contributed by atoms with E-state index in [9.17, 15) is 0 Å². The molecule has 5 nitrogen and oxygen atoms in total. The van der Waals surface area contributed by atoms with Crippen molar-refractivity contribution in [2.45, 2.75) is 18.9 Å². The summed E-state index contributed by atoms with van der Waals surface area (Å²) in [4.78, 5) is 9.05. The molecule has 0 spiro atoms. The summed E-state index contributed by atoms with van der Waals surface area (Å²) in [6.45, 7) is 6.67. The van der Waals surface area contributed by atoms with Crippen LogP contribution in [0.15, 0.2) is 48.6 Å². The second kappa shape index (κ2) is 7.36. The van der Waals surface area contributed by atoms with E-state index in [0.29, 0.717) is 6.04 Å². The SMILES string of the molecule is C1=CCN(c2ccncc2)C(N2CC[C@@H](NC[C@@H]3CCNC3)C2)=C1. The maximum atomic E-state index is 4.14. The van der Waals surface area contributed by atoms with Gasteiger partial charge in [-0.05, 0) is 56.6 Å². The fourth-order valence-electron chi connectivity index (χ4n) is 3.90. The first-order chi connectivity index (χ1) is 11.9. The molecule has 0 radical (unpaired) electrons. The van der Waals surface area contributed by atoms with E-state index >= 15 is 0 Å². The van der Waals surface area contributed by atoms with E-state index in [1.165, 1.54) is 37.4 Å². The molecule has 0 amide bonds. The molecule has 4 rings (SSSR count). The van der Waals surface area contributed by atoms with Crippen LogP contribution >= 0.6 is 0 Å². The second-order valence-corrected chi connectivity index (χ2v) is 6.97. The van der Waals surface area contributed by atoms with Crippen LogP contribution in [-0.4, -0.2) is 55.2 Å². The minimum Gasteiger partial charge on any atom is -0.356 e. The van der Waals surface area contributed by atoms with Crippen LogP contribution in [0.1, 0.15) is 12.8 Å². The molecular formula is C19H27N5. The Morgan fingerprint density at radius 2 is 2.17 bits per heavy atom. The van der Waals surface area contributed by atoms with Gasteiger partial charge >= 0.3 is 0 Å². The molecule has 0 saturated carbocycles. The molecule has 3 aliphatic rings. The van der Waals surface area contributed by atoms with Crippen LogP contribution in [0.5, 0.6) is 0 Å². The minimum absolute atomic E-state index is 0.608. The molecule has 3 aliphatic heterocycles. The highest BCUT2D eigenvalue weighted by Crippen LogP contribution is 2.26. The fourth-order valence-corrected chi connectivity index (χ4v) is 3.90. The first-order valence-electron chi connectivity index (χ1n) is 9.13. The number of nitrogens with one attached hydrogen (secondary N) is 2. The van der Waals surface area contributed by atoms with Crippen molar-refractivity contribution >= 4 is 5.69 Å². The molecule has 1 aromatic rings. The lowest BCUT2D eigenvalue weighted by Crippen LogP contribution is -2.39. The summed E-state index contributed by atoms with van der Waals surface area (Å²) in [6.07, 6.45) is 12.9. The van der Waals surface area contributed by atoms with Crippen LogP contribution in [0, 0.1) is 5.92 Å².